The van der Waals surface area contributed by atoms with Gasteiger partial charge in [-0.05, 0) is 52.9 Å². The monoisotopic (exact) mass is 500 g/mol. The molecule has 2 aromatic carbocycles. The molecule has 6 nitrogen and oxygen atoms in total. The van der Waals surface area contributed by atoms with Crippen LogP contribution in [0.4, 0.5) is 0 Å². The number of ether oxygens (including phenoxy) is 1. The highest BCUT2D eigenvalue weighted by Crippen LogP contribution is 2.28. The molecular weight excluding hydrogens is 476 g/mol. The van der Waals surface area contributed by atoms with Crippen LogP contribution in [0, 0.1) is 0 Å². The fraction of sp³-hybridized carbons (Fsp3) is 0.148. The minimum atomic E-state index is -0.0713. The standard InChI is InChI=1S/C27H24N4O2S2/c1-33-22-10-6-20(7-11-22)18-35-27-30-24-12-13-28-16-25(24)31(27)17-19-4-8-21(9-5-19)26(32)29-15-23-3-2-14-34-23/h2-14,16H,15,17-18H2,1H3,(H,29,32). The van der Waals surface area contributed by atoms with Crippen molar-refractivity contribution in [3.8, 4) is 5.75 Å². The summed E-state index contributed by atoms with van der Waals surface area (Å²) in [5, 5.41) is 5.92. The van der Waals surface area contributed by atoms with Gasteiger partial charge in [0.25, 0.3) is 5.91 Å². The van der Waals surface area contributed by atoms with Gasteiger partial charge in [-0.3, -0.25) is 9.78 Å². The molecule has 0 bridgehead atoms. The van der Waals surface area contributed by atoms with Crippen molar-refractivity contribution in [3.05, 3.63) is 106 Å². The maximum Gasteiger partial charge on any atom is 0.251 e. The van der Waals surface area contributed by atoms with Gasteiger partial charge in [-0.1, -0.05) is 42.1 Å². The minimum Gasteiger partial charge on any atom is -0.497 e. The SMILES string of the molecule is COc1ccc(CSc2nc3ccncc3n2Cc2ccc(C(=O)NCc3cccs3)cc2)cc1. The molecular formula is C27H24N4O2S2. The molecule has 8 heteroatoms. The molecule has 0 radical (unpaired) electrons. The van der Waals surface area contributed by atoms with E-state index < -0.39 is 0 Å². The average molecular weight is 501 g/mol. The first-order valence-corrected chi connectivity index (χ1v) is 13.0. The van der Waals surface area contributed by atoms with Crippen molar-refractivity contribution in [2.45, 2.75) is 24.0 Å². The second kappa shape index (κ2) is 10.8. The summed E-state index contributed by atoms with van der Waals surface area (Å²) in [6.45, 7) is 1.19. The van der Waals surface area contributed by atoms with Crippen LogP contribution in [0.15, 0.2) is 89.7 Å². The minimum absolute atomic E-state index is 0.0713. The van der Waals surface area contributed by atoms with Crippen molar-refractivity contribution in [2.75, 3.05) is 7.11 Å². The lowest BCUT2D eigenvalue weighted by molar-refractivity contribution is 0.0951. The Hall–Kier alpha value is -3.62. The first-order chi connectivity index (χ1) is 17.2. The number of imidazole rings is 1. The second-order valence-corrected chi connectivity index (χ2v) is 9.92. The molecule has 0 saturated heterocycles. The van der Waals surface area contributed by atoms with Gasteiger partial charge in [-0.15, -0.1) is 11.3 Å². The number of nitrogens with one attached hydrogen (secondary N) is 1. The zero-order valence-corrected chi connectivity index (χ0v) is 20.8. The third-order valence-electron chi connectivity index (χ3n) is 5.60. The number of thioether (sulfide) groups is 1. The lowest BCUT2D eigenvalue weighted by Crippen LogP contribution is -2.22. The highest BCUT2D eigenvalue weighted by molar-refractivity contribution is 7.98. The predicted octanol–water partition coefficient (Wildman–Crippen LogP) is 5.77. The maximum absolute atomic E-state index is 12.5. The van der Waals surface area contributed by atoms with E-state index in [4.69, 9.17) is 9.72 Å². The molecule has 0 spiro atoms. The number of rotatable bonds is 9. The number of thiophene rings is 1. The average Bonchev–Trinajstić information content (AvgIpc) is 3.55. The van der Waals surface area contributed by atoms with Crippen LogP contribution < -0.4 is 10.1 Å². The molecule has 3 heterocycles. The highest BCUT2D eigenvalue weighted by atomic mass is 32.2. The van der Waals surface area contributed by atoms with E-state index in [1.807, 2.05) is 66.2 Å². The Kier molecular flexibility index (Phi) is 7.11. The van der Waals surface area contributed by atoms with E-state index in [0.717, 1.165) is 38.1 Å². The largest absolute Gasteiger partial charge is 0.497 e. The van der Waals surface area contributed by atoms with Gasteiger partial charge in [0.05, 0.1) is 37.4 Å². The summed E-state index contributed by atoms with van der Waals surface area (Å²) in [5.41, 5.74) is 4.85. The molecule has 0 saturated carbocycles. The third kappa shape index (κ3) is 5.55. The van der Waals surface area contributed by atoms with Crippen LogP contribution in [0.25, 0.3) is 11.0 Å². The fourth-order valence-electron chi connectivity index (χ4n) is 3.71. The van der Waals surface area contributed by atoms with E-state index >= 15 is 0 Å². The van der Waals surface area contributed by atoms with E-state index in [0.29, 0.717) is 18.7 Å². The van der Waals surface area contributed by atoms with Crippen LogP contribution in [0.2, 0.25) is 0 Å². The Bertz CT molecular complexity index is 1410. The predicted molar refractivity (Wildman–Crippen MR) is 141 cm³/mol. The van der Waals surface area contributed by atoms with E-state index in [1.165, 1.54) is 5.56 Å². The number of nitrogens with zero attached hydrogens (tertiary/aromatic N) is 3. The number of aromatic nitrogens is 3. The van der Waals surface area contributed by atoms with Gasteiger partial charge in [0.15, 0.2) is 5.16 Å². The molecule has 176 valence electrons. The van der Waals surface area contributed by atoms with Gasteiger partial charge >= 0.3 is 0 Å². The fourth-order valence-corrected chi connectivity index (χ4v) is 5.32. The first kappa shape index (κ1) is 23.1. The molecule has 3 aromatic heterocycles. The van der Waals surface area contributed by atoms with Gasteiger partial charge in [0.1, 0.15) is 5.75 Å². The molecule has 0 aliphatic rings. The van der Waals surface area contributed by atoms with E-state index in [9.17, 15) is 4.79 Å². The molecule has 0 atom stereocenters. The van der Waals surface area contributed by atoms with Gasteiger partial charge in [0.2, 0.25) is 0 Å². The van der Waals surface area contributed by atoms with Gasteiger partial charge in [-0.25, -0.2) is 4.98 Å². The molecule has 35 heavy (non-hydrogen) atoms. The summed E-state index contributed by atoms with van der Waals surface area (Å²) in [4.78, 5) is 22.8. The molecule has 0 fully saturated rings. The number of benzene rings is 2. The Morgan fingerprint density at radius 2 is 1.86 bits per heavy atom. The summed E-state index contributed by atoms with van der Waals surface area (Å²) >= 11 is 3.33. The number of amides is 1. The summed E-state index contributed by atoms with van der Waals surface area (Å²) in [6, 6.07) is 21.8. The zero-order valence-electron chi connectivity index (χ0n) is 19.2. The molecule has 0 aliphatic carbocycles. The van der Waals surface area contributed by atoms with Crippen molar-refractivity contribution in [3.63, 3.8) is 0 Å². The van der Waals surface area contributed by atoms with Crippen LogP contribution >= 0.6 is 23.1 Å². The number of hydrogen-bond donors (Lipinski definition) is 1. The molecule has 0 unspecified atom stereocenters. The highest BCUT2D eigenvalue weighted by Gasteiger charge is 2.13. The summed E-state index contributed by atoms with van der Waals surface area (Å²) in [7, 11) is 1.67. The molecule has 5 aromatic rings. The number of carbonyl (C=O) groups excluding carboxylic acids is 1. The Balaban J connectivity index is 1.31. The van der Waals surface area contributed by atoms with Crippen LogP contribution in [0.5, 0.6) is 5.75 Å². The Labute approximate surface area is 212 Å². The molecule has 5 rings (SSSR count). The van der Waals surface area contributed by atoms with Crippen molar-refractivity contribution >= 4 is 40.0 Å². The van der Waals surface area contributed by atoms with Crippen LogP contribution in [0.1, 0.15) is 26.4 Å². The number of hydrogen-bond acceptors (Lipinski definition) is 6. The summed E-state index contributed by atoms with van der Waals surface area (Å²) < 4.78 is 7.44. The van der Waals surface area contributed by atoms with E-state index in [2.05, 4.69) is 27.0 Å². The molecule has 1 N–H and O–H groups in total. The number of methoxy groups -OCH3 is 1. The lowest BCUT2D eigenvalue weighted by atomic mass is 10.1. The van der Waals surface area contributed by atoms with Crippen molar-refractivity contribution in [1.82, 2.24) is 19.9 Å². The van der Waals surface area contributed by atoms with Crippen LogP contribution in [-0.4, -0.2) is 27.6 Å². The topological polar surface area (TPSA) is 69.0 Å². The third-order valence-corrected chi connectivity index (χ3v) is 7.53. The van der Waals surface area contributed by atoms with Crippen molar-refractivity contribution in [1.29, 1.82) is 0 Å². The maximum atomic E-state index is 12.5. The van der Waals surface area contributed by atoms with Gasteiger partial charge in [-0.2, -0.15) is 0 Å². The van der Waals surface area contributed by atoms with Gasteiger partial charge < -0.3 is 14.6 Å². The van der Waals surface area contributed by atoms with Crippen LogP contribution in [-0.2, 0) is 18.8 Å². The second-order valence-electron chi connectivity index (χ2n) is 7.94. The molecule has 1 amide bonds. The lowest BCUT2D eigenvalue weighted by Gasteiger charge is -2.10. The number of carbonyl (C=O) groups is 1. The zero-order chi connectivity index (χ0) is 24.0. The Morgan fingerprint density at radius 1 is 1.06 bits per heavy atom. The first-order valence-electron chi connectivity index (χ1n) is 11.1. The quantitative estimate of drug-likeness (QED) is 0.260. The van der Waals surface area contributed by atoms with Gasteiger partial charge in [0, 0.05) is 22.4 Å². The van der Waals surface area contributed by atoms with Crippen LogP contribution in [0.3, 0.4) is 0 Å². The van der Waals surface area contributed by atoms with E-state index in [1.54, 1.807) is 36.4 Å². The smallest absolute Gasteiger partial charge is 0.251 e. The normalized spacial score (nSPS) is 11.0. The number of pyridine rings is 1. The summed E-state index contributed by atoms with van der Waals surface area (Å²) in [5.74, 6) is 1.57. The van der Waals surface area contributed by atoms with E-state index in [-0.39, 0.29) is 5.91 Å². The van der Waals surface area contributed by atoms with Crippen molar-refractivity contribution < 1.29 is 9.53 Å². The Morgan fingerprint density at radius 3 is 2.60 bits per heavy atom. The van der Waals surface area contributed by atoms with Crippen molar-refractivity contribution in [2.24, 2.45) is 0 Å². The molecule has 0 aliphatic heterocycles. The summed E-state index contributed by atoms with van der Waals surface area (Å²) in [6.07, 6.45) is 3.62. The number of fused-ring (bicyclic) bond motifs is 1.